The standard InChI is InChI=1S/C20H19N5O2/c1-12-16(7-5-8-17(12)27-4)24-13(2)15-11-23-25(19(26)18(15)14(24)3)20-21-9-6-10-22-20/h5-11H,1-4H3. The van der Waals surface area contributed by atoms with E-state index in [1.54, 1.807) is 31.8 Å². The summed E-state index contributed by atoms with van der Waals surface area (Å²) >= 11 is 0. The second-order valence-electron chi connectivity index (χ2n) is 6.31. The van der Waals surface area contributed by atoms with Crippen LogP contribution in [0.5, 0.6) is 5.75 Å². The molecular formula is C20H19N5O2. The van der Waals surface area contributed by atoms with Crippen LogP contribution in [-0.4, -0.2) is 31.4 Å². The molecule has 0 saturated carbocycles. The van der Waals surface area contributed by atoms with Gasteiger partial charge in [-0.15, -0.1) is 0 Å². The van der Waals surface area contributed by atoms with Crippen LogP contribution in [0.2, 0.25) is 0 Å². The number of fused-ring (bicyclic) bond motifs is 1. The number of aromatic nitrogens is 5. The van der Waals surface area contributed by atoms with Gasteiger partial charge in [-0.1, -0.05) is 6.07 Å². The first-order valence-corrected chi connectivity index (χ1v) is 8.56. The lowest BCUT2D eigenvalue weighted by Crippen LogP contribution is -2.22. The molecule has 7 nitrogen and oxygen atoms in total. The van der Waals surface area contributed by atoms with Crippen LogP contribution in [0.25, 0.3) is 22.4 Å². The Morgan fingerprint density at radius 1 is 1.00 bits per heavy atom. The molecule has 0 aliphatic carbocycles. The first kappa shape index (κ1) is 17.0. The number of methoxy groups -OCH3 is 1. The Labute approximate surface area is 155 Å². The van der Waals surface area contributed by atoms with Gasteiger partial charge >= 0.3 is 0 Å². The third-order valence-electron chi connectivity index (χ3n) is 4.86. The van der Waals surface area contributed by atoms with Gasteiger partial charge in [0, 0.05) is 34.7 Å². The molecule has 0 fully saturated rings. The number of benzene rings is 1. The average molecular weight is 361 g/mol. The zero-order chi connectivity index (χ0) is 19.1. The van der Waals surface area contributed by atoms with Crippen molar-refractivity contribution in [2.24, 2.45) is 0 Å². The van der Waals surface area contributed by atoms with E-state index in [9.17, 15) is 4.79 Å². The van der Waals surface area contributed by atoms with E-state index in [0.29, 0.717) is 5.39 Å². The van der Waals surface area contributed by atoms with Crippen molar-refractivity contribution < 1.29 is 4.74 Å². The van der Waals surface area contributed by atoms with Gasteiger partial charge in [-0.05, 0) is 39.0 Å². The lowest BCUT2D eigenvalue weighted by Gasteiger charge is -2.14. The van der Waals surface area contributed by atoms with E-state index in [-0.39, 0.29) is 11.5 Å². The van der Waals surface area contributed by atoms with Crippen molar-refractivity contribution in [2.75, 3.05) is 7.11 Å². The monoisotopic (exact) mass is 361 g/mol. The van der Waals surface area contributed by atoms with Gasteiger partial charge in [0.15, 0.2) is 0 Å². The molecule has 27 heavy (non-hydrogen) atoms. The van der Waals surface area contributed by atoms with Gasteiger partial charge in [0.2, 0.25) is 0 Å². The lowest BCUT2D eigenvalue weighted by molar-refractivity contribution is 0.411. The third-order valence-corrected chi connectivity index (χ3v) is 4.86. The summed E-state index contributed by atoms with van der Waals surface area (Å²) in [6, 6.07) is 7.58. The van der Waals surface area contributed by atoms with Crippen LogP contribution in [0.1, 0.15) is 17.0 Å². The quantitative estimate of drug-likeness (QED) is 0.561. The maximum Gasteiger partial charge on any atom is 0.283 e. The number of aryl methyl sites for hydroxylation is 2. The number of hydrogen-bond donors (Lipinski definition) is 0. The molecule has 0 amide bonds. The van der Waals surface area contributed by atoms with Gasteiger partial charge in [-0.25, -0.2) is 9.97 Å². The van der Waals surface area contributed by atoms with Crippen LogP contribution < -0.4 is 10.3 Å². The molecule has 0 bridgehead atoms. The maximum atomic E-state index is 13.1. The molecule has 0 atom stereocenters. The van der Waals surface area contributed by atoms with Gasteiger partial charge in [-0.3, -0.25) is 4.79 Å². The van der Waals surface area contributed by atoms with Crippen molar-refractivity contribution in [1.82, 2.24) is 24.3 Å². The molecule has 1 aromatic carbocycles. The predicted molar refractivity (Wildman–Crippen MR) is 103 cm³/mol. The number of nitrogens with zero attached hydrogens (tertiary/aromatic N) is 5. The highest BCUT2D eigenvalue weighted by Crippen LogP contribution is 2.31. The molecule has 0 N–H and O–H groups in total. The van der Waals surface area contributed by atoms with Crippen LogP contribution in [0.15, 0.2) is 47.7 Å². The van der Waals surface area contributed by atoms with Crippen molar-refractivity contribution in [3.8, 4) is 17.4 Å². The number of rotatable bonds is 3. The molecule has 0 radical (unpaired) electrons. The van der Waals surface area contributed by atoms with Crippen molar-refractivity contribution in [3.63, 3.8) is 0 Å². The summed E-state index contributed by atoms with van der Waals surface area (Å²) in [6.07, 6.45) is 4.87. The normalized spacial score (nSPS) is 11.1. The Bertz CT molecular complexity index is 1210. The first-order chi connectivity index (χ1) is 13.0. The minimum atomic E-state index is -0.237. The highest BCUT2D eigenvalue weighted by atomic mass is 16.5. The van der Waals surface area contributed by atoms with Crippen LogP contribution in [0, 0.1) is 20.8 Å². The van der Waals surface area contributed by atoms with Crippen molar-refractivity contribution in [1.29, 1.82) is 0 Å². The van der Waals surface area contributed by atoms with E-state index in [1.807, 2.05) is 39.0 Å². The summed E-state index contributed by atoms with van der Waals surface area (Å²) in [4.78, 5) is 21.4. The average Bonchev–Trinajstić information content (AvgIpc) is 2.94. The Balaban J connectivity index is 2.03. The zero-order valence-corrected chi connectivity index (χ0v) is 15.6. The van der Waals surface area contributed by atoms with Crippen LogP contribution >= 0.6 is 0 Å². The van der Waals surface area contributed by atoms with Crippen molar-refractivity contribution in [3.05, 3.63) is 70.2 Å². The summed E-state index contributed by atoms with van der Waals surface area (Å²) < 4.78 is 8.76. The minimum Gasteiger partial charge on any atom is -0.496 e. The van der Waals surface area contributed by atoms with E-state index in [2.05, 4.69) is 19.6 Å². The third kappa shape index (κ3) is 2.51. The molecule has 3 heterocycles. The summed E-state index contributed by atoms with van der Waals surface area (Å²) in [5.41, 5.74) is 3.53. The van der Waals surface area contributed by atoms with E-state index < -0.39 is 0 Å². The fraction of sp³-hybridized carbons (Fsp3) is 0.200. The molecule has 7 heteroatoms. The second-order valence-corrected chi connectivity index (χ2v) is 6.31. The van der Waals surface area contributed by atoms with Gasteiger partial charge in [0.05, 0.1) is 24.4 Å². The largest absolute Gasteiger partial charge is 0.496 e. The fourth-order valence-electron chi connectivity index (χ4n) is 3.53. The lowest BCUT2D eigenvalue weighted by atomic mass is 10.1. The molecule has 0 aliphatic heterocycles. The number of ether oxygens (including phenoxy) is 1. The Morgan fingerprint density at radius 2 is 1.74 bits per heavy atom. The minimum absolute atomic E-state index is 0.237. The number of hydrogen-bond acceptors (Lipinski definition) is 5. The van der Waals surface area contributed by atoms with E-state index in [0.717, 1.165) is 33.8 Å². The van der Waals surface area contributed by atoms with E-state index in [1.165, 1.54) is 4.68 Å². The first-order valence-electron chi connectivity index (χ1n) is 8.56. The fourth-order valence-corrected chi connectivity index (χ4v) is 3.53. The second kappa shape index (κ2) is 6.35. The molecule has 4 aromatic rings. The zero-order valence-electron chi connectivity index (χ0n) is 15.6. The van der Waals surface area contributed by atoms with Crippen molar-refractivity contribution >= 4 is 10.8 Å². The molecular weight excluding hydrogens is 342 g/mol. The predicted octanol–water partition coefficient (Wildman–Crippen LogP) is 2.90. The highest BCUT2D eigenvalue weighted by molar-refractivity contribution is 5.88. The maximum absolute atomic E-state index is 13.1. The molecule has 4 rings (SSSR count). The summed E-state index contributed by atoms with van der Waals surface area (Å²) in [7, 11) is 1.65. The molecule has 0 spiro atoms. The van der Waals surface area contributed by atoms with Crippen LogP contribution in [0.4, 0.5) is 0 Å². The molecule has 0 unspecified atom stereocenters. The SMILES string of the molecule is COc1cccc(-n2c(C)c3cnn(-c4ncccn4)c(=O)c3c2C)c1C. The van der Waals surface area contributed by atoms with Gasteiger partial charge in [-0.2, -0.15) is 9.78 Å². The molecule has 3 aromatic heterocycles. The summed E-state index contributed by atoms with van der Waals surface area (Å²) in [6.45, 7) is 5.93. The Kier molecular flexibility index (Phi) is 3.99. The highest BCUT2D eigenvalue weighted by Gasteiger charge is 2.20. The topological polar surface area (TPSA) is 74.8 Å². The van der Waals surface area contributed by atoms with E-state index in [4.69, 9.17) is 4.74 Å². The van der Waals surface area contributed by atoms with Crippen LogP contribution in [0.3, 0.4) is 0 Å². The molecule has 136 valence electrons. The molecule has 0 aliphatic rings. The summed E-state index contributed by atoms with van der Waals surface area (Å²) in [5.74, 6) is 1.06. The smallest absolute Gasteiger partial charge is 0.283 e. The van der Waals surface area contributed by atoms with Crippen molar-refractivity contribution in [2.45, 2.75) is 20.8 Å². The van der Waals surface area contributed by atoms with Gasteiger partial charge in [0.1, 0.15) is 5.75 Å². The Hall–Kier alpha value is -3.48. The molecule has 0 saturated heterocycles. The van der Waals surface area contributed by atoms with Gasteiger partial charge in [0.25, 0.3) is 11.5 Å². The summed E-state index contributed by atoms with van der Waals surface area (Å²) in [5, 5.41) is 5.70. The van der Waals surface area contributed by atoms with E-state index >= 15 is 0 Å². The van der Waals surface area contributed by atoms with Crippen LogP contribution in [-0.2, 0) is 0 Å². The van der Waals surface area contributed by atoms with Gasteiger partial charge < -0.3 is 9.30 Å². The Morgan fingerprint density at radius 3 is 2.44 bits per heavy atom.